The fraction of sp³-hybridized carbons (Fsp3) is 0.929. The molecular weight excluding hydrogens is 464 g/mol. The molecule has 4 unspecified atom stereocenters. The van der Waals surface area contributed by atoms with Crippen LogP contribution in [0.4, 0.5) is 0 Å². The summed E-state index contributed by atoms with van der Waals surface area (Å²) in [5.74, 6) is -1.35. The summed E-state index contributed by atoms with van der Waals surface area (Å²) >= 11 is 4.47. The van der Waals surface area contributed by atoms with Crippen LogP contribution in [-0.4, -0.2) is 43.2 Å². The molecule has 2 fully saturated rings. The summed E-state index contributed by atoms with van der Waals surface area (Å²) in [5.41, 5.74) is -1.18. The maximum Gasteiger partial charge on any atom is 0.309 e. The maximum absolute atomic E-state index is 11.3. The quantitative estimate of drug-likeness (QED) is 0.214. The molecule has 2 rings (SSSR count). The van der Waals surface area contributed by atoms with Gasteiger partial charge < -0.3 is 10.2 Å². The van der Waals surface area contributed by atoms with Crippen LogP contribution in [0, 0.1) is 10.8 Å². The Morgan fingerprint density at radius 3 is 1.26 bits per heavy atom. The fourth-order valence-electron chi connectivity index (χ4n) is 5.28. The van der Waals surface area contributed by atoms with Crippen LogP contribution in [0.2, 0.25) is 0 Å². The Balaban J connectivity index is 1.61. The number of carbonyl (C=O) groups is 2. The van der Waals surface area contributed by atoms with E-state index < -0.39 is 22.8 Å². The zero-order valence-electron chi connectivity index (χ0n) is 22.2. The van der Waals surface area contributed by atoms with Crippen molar-refractivity contribution in [3.63, 3.8) is 0 Å². The van der Waals surface area contributed by atoms with Gasteiger partial charge in [0, 0.05) is 21.0 Å². The molecular formula is C28H50O4S2. The molecule has 6 heteroatoms. The standard InChI is InChI=1S/C28H50O4S2/c1-27(2,25(29)30)19-7-5-11-21-13-9-15-23(33-21)17-18-24-16-10-14-22(34-24)12-6-8-20-28(3,4)26(31)32/h21-24H,5-20H2,1-4H3,(H,29,30)(H,31,32). The van der Waals surface area contributed by atoms with E-state index in [0.717, 1.165) is 59.5 Å². The molecule has 2 heterocycles. The van der Waals surface area contributed by atoms with Crippen molar-refractivity contribution in [1.82, 2.24) is 0 Å². The zero-order valence-corrected chi connectivity index (χ0v) is 23.8. The maximum atomic E-state index is 11.3. The van der Waals surface area contributed by atoms with E-state index in [9.17, 15) is 19.8 Å². The van der Waals surface area contributed by atoms with Crippen LogP contribution < -0.4 is 0 Å². The van der Waals surface area contributed by atoms with E-state index in [-0.39, 0.29) is 0 Å². The second kappa shape index (κ2) is 14.4. The minimum Gasteiger partial charge on any atom is -0.481 e. The first kappa shape index (κ1) is 29.9. The molecule has 0 aliphatic carbocycles. The second-order valence-electron chi connectivity index (χ2n) is 12.1. The number of aliphatic carboxylic acids is 2. The van der Waals surface area contributed by atoms with Gasteiger partial charge in [0.1, 0.15) is 0 Å². The van der Waals surface area contributed by atoms with Gasteiger partial charge in [-0.25, -0.2) is 0 Å². The summed E-state index contributed by atoms with van der Waals surface area (Å²) < 4.78 is 0. The Morgan fingerprint density at radius 2 is 0.941 bits per heavy atom. The third-order valence-electron chi connectivity index (χ3n) is 8.00. The van der Waals surface area contributed by atoms with Gasteiger partial charge in [-0.15, -0.1) is 0 Å². The van der Waals surface area contributed by atoms with Crippen LogP contribution in [-0.2, 0) is 9.59 Å². The van der Waals surface area contributed by atoms with Gasteiger partial charge in [0.25, 0.3) is 0 Å². The van der Waals surface area contributed by atoms with Gasteiger partial charge >= 0.3 is 11.9 Å². The molecule has 4 atom stereocenters. The summed E-state index contributed by atoms with van der Waals surface area (Å²) in [6.45, 7) is 7.37. The summed E-state index contributed by atoms with van der Waals surface area (Å²) in [4.78, 5) is 22.6. The normalized spacial score (nSPS) is 26.4. The second-order valence-corrected chi connectivity index (χ2v) is 15.3. The lowest BCUT2D eigenvalue weighted by molar-refractivity contribution is -0.148. The molecule has 0 radical (unpaired) electrons. The Kier molecular flexibility index (Phi) is 12.6. The van der Waals surface area contributed by atoms with Gasteiger partial charge in [-0.1, -0.05) is 38.5 Å². The Hall–Kier alpha value is -0.360. The summed E-state index contributed by atoms with van der Waals surface area (Å²) in [6, 6.07) is 0. The first-order valence-corrected chi connectivity index (χ1v) is 15.7. The smallest absolute Gasteiger partial charge is 0.309 e. The number of hydrogen-bond acceptors (Lipinski definition) is 4. The fourth-order valence-corrected chi connectivity index (χ4v) is 8.73. The topological polar surface area (TPSA) is 74.6 Å². The molecule has 0 aromatic rings. The van der Waals surface area contributed by atoms with Crippen molar-refractivity contribution >= 4 is 35.5 Å². The average Bonchev–Trinajstić information content (AvgIpc) is 2.79. The number of rotatable bonds is 15. The van der Waals surface area contributed by atoms with Gasteiger partial charge in [0.05, 0.1) is 10.8 Å². The van der Waals surface area contributed by atoms with Gasteiger partial charge in [-0.2, -0.15) is 23.5 Å². The third-order valence-corrected chi connectivity index (χ3v) is 11.4. The SMILES string of the molecule is CC(C)(CCCCC1CCCC(CCC2CCCC(CCCCC(C)(C)C(=O)O)S2)S1)C(=O)O. The lowest BCUT2D eigenvalue weighted by atomic mass is 9.87. The van der Waals surface area contributed by atoms with Gasteiger partial charge in [0.2, 0.25) is 0 Å². The van der Waals surface area contributed by atoms with Crippen LogP contribution in [0.5, 0.6) is 0 Å². The number of hydrogen-bond donors (Lipinski definition) is 2. The van der Waals surface area contributed by atoms with E-state index in [1.54, 1.807) is 0 Å². The van der Waals surface area contributed by atoms with E-state index in [0.29, 0.717) is 0 Å². The molecule has 0 spiro atoms. The highest BCUT2D eigenvalue weighted by atomic mass is 32.2. The number of thioether (sulfide) groups is 2. The van der Waals surface area contributed by atoms with Crippen LogP contribution in [0.15, 0.2) is 0 Å². The van der Waals surface area contributed by atoms with Gasteiger partial charge in [-0.05, 0) is 91.9 Å². The predicted molar refractivity (Wildman–Crippen MR) is 147 cm³/mol. The monoisotopic (exact) mass is 514 g/mol. The van der Waals surface area contributed by atoms with Crippen molar-refractivity contribution in [2.24, 2.45) is 10.8 Å². The first-order chi connectivity index (χ1) is 16.0. The molecule has 198 valence electrons. The zero-order chi connectivity index (χ0) is 25.2. The van der Waals surface area contributed by atoms with Crippen molar-refractivity contribution in [3.8, 4) is 0 Å². The minimum atomic E-state index is -0.676. The highest BCUT2D eigenvalue weighted by Crippen LogP contribution is 2.41. The van der Waals surface area contributed by atoms with Crippen molar-refractivity contribution in [1.29, 1.82) is 0 Å². The Labute approximate surface area is 217 Å². The molecule has 0 bridgehead atoms. The summed E-state index contributed by atoms with van der Waals surface area (Å²) in [7, 11) is 0. The third kappa shape index (κ3) is 10.7. The molecule has 0 aromatic heterocycles. The summed E-state index contributed by atoms with van der Waals surface area (Å²) in [6.07, 6.45) is 19.2. The summed E-state index contributed by atoms with van der Waals surface area (Å²) in [5, 5.41) is 21.7. The molecule has 0 amide bonds. The van der Waals surface area contributed by atoms with E-state index in [2.05, 4.69) is 23.5 Å². The molecule has 4 nitrogen and oxygen atoms in total. The molecule has 2 aliphatic rings. The number of carboxylic acids is 2. The highest BCUT2D eigenvalue weighted by Gasteiger charge is 2.29. The van der Waals surface area contributed by atoms with Gasteiger partial charge in [-0.3, -0.25) is 9.59 Å². The number of unbranched alkanes of at least 4 members (excludes halogenated alkanes) is 2. The van der Waals surface area contributed by atoms with Crippen LogP contribution in [0.3, 0.4) is 0 Å². The van der Waals surface area contributed by atoms with Crippen molar-refractivity contribution < 1.29 is 19.8 Å². The van der Waals surface area contributed by atoms with Crippen molar-refractivity contribution in [2.45, 2.75) is 151 Å². The molecule has 2 saturated heterocycles. The van der Waals surface area contributed by atoms with E-state index in [4.69, 9.17) is 0 Å². The van der Waals surface area contributed by atoms with E-state index in [1.165, 1.54) is 64.2 Å². The van der Waals surface area contributed by atoms with Crippen molar-refractivity contribution in [3.05, 3.63) is 0 Å². The van der Waals surface area contributed by atoms with Crippen LogP contribution in [0.1, 0.15) is 130 Å². The Bertz CT molecular complexity index is 580. The average molecular weight is 515 g/mol. The van der Waals surface area contributed by atoms with Crippen molar-refractivity contribution in [2.75, 3.05) is 0 Å². The molecule has 34 heavy (non-hydrogen) atoms. The largest absolute Gasteiger partial charge is 0.481 e. The van der Waals surface area contributed by atoms with E-state index in [1.807, 2.05) is 27.7 Å². The minimum absolute atomic E-state index is 0.590. The highest BCUT2D eigenvalue weighted by molar-refractivity contribution is 8.00. The molecule has 2 aliphatic heterocycles. The molecule has 2 N–H and O–H groups in total. The van der Waals surface area contributed by atoms with Gasteiger partial charge in [0.15, 0.2) is 0 Å². The van der Waals surface area contributed by atoms with Crippen LogP contribution in [0.25, 0.3) is 0 Å². The Morgan fingerprint density at radius 1 is 0.618 bits per heavy atom. The predicted octanol–water partition coefficient (Wildman–Crippen LogP) is 8.42. The molecule has 0 aromatic carbocycles. The first-order valence-electron chi connectivity index (χ1n) is 13.8. The number of carboxylic acid groups (broad SMARTS) is 2. The van der Waals surface area contributed by atoms with E-state index >= 15 is 0 Å². The lowest BCUT2D eigenvalue weighted by Crippen LogP contribution is -2.24. The molecule has 0 saturated carbocycles. The van der Waals surface area contributed by atoms with Crippen LogP contribution >= 0.6 is 23.5 Å². The lowest BCUT2D eigenvalue weighted by Gasteiger charge is -2.32.